The molecule has 7 heteroatoms. The number of nitro benzene ring substituents is 1. The van der Waals surface area contributed by atoms with Crippen LogP contribution in [0.15, 0.2) is 42.5 Å². The van der Waals surface area contributed by atoms with Crippen molar-refractivity contribution in [3.8, 4) is 0 Å². The van der Waals surface area contributed by atoms with E-state index < -0.39 is 4.92 Å². The number of benzene rings is 2. The van der Waals surface area contributed by atoms with Crippen molar-refractivity contribution in [1.82, 2.24) is 5.32 Å². The molecule has 0 aromatic heterocycles. The number of carbonyl (C=O) groups excluding carboxylic acids is 1. The molecule has 118 valence electrons. The smallest absolute Gasteiger partial charge is 0.271 e. The molecule has 2 N–H and O–H groups in total. The number of aryl methyl sites for hydroxylation is 2. The molecule has 0 fully saturated rings. The number of amides is 1. The monoisotopic (exact) mass is 329 g/mol. The summed E-state index contributed by atoms with van der Waals surface area (Å²) in [6, 6.07) is 11.5. The van der Waals surface area contributed by atoms with Crippen molar-refractivity contribution in [3.63, 3.8) is 0 Å². The predicted molar refractivity (Wildman–Crippen MR) is 92.7 cm³/mol. The van der Waals surface area contributed by atoms with E-state index in [4.69, 9.17) is 12.2 Å². The van der Waals surface area contributed by atoms with Crippen LogP contribution < -0.4 is 10.6 Å². The van der Waals surface area contributed by atoms with E-state index in [-0.39, 0.29) is 16.7 Å². The number of nitro groups is 1. The van der Waals surface area contributed by atoms with Gasteiger partial charge in [0.25, 0.3) is 11.6 Å². The summed E-state index contributed by atoms with van der Waals surface area (Å²) in [4.78, 5) is 22.4. The van der Waals surface area contributed by atoms with Gasteiger partial charge in [0, 0.05) is 23.4 Å². The molecule has 0 aliphatic heterocycles. The Labute approximate surface area is 138 Å². The number of nitrogens with one attached hydrogen (secondary N) is 2. The second-order valence-corrected chi connectivity index (χ2v) is 5.44. The summed E-state index contributed by atoms with van der Waals surface area (Å²) < 4.78 is 0. The number of non-ortho nitro benzene ring substituents is 1. The Morgan fingerprint density at radius 1 is 1.17 bits per heavy atom. The molecule has 0 saturated carbocycles. The lowest BCUT2D eigenvalue weighted by atomic mass is 10.1. The van der Waals surface area contributed by atoms with Crippen LogP contribution in [0.25, 0.3) is 0 Å². The predicted octanol–water partition coefficient (Wildman–Crippen LogP) is 3.34. The number of nitrogens with zero attached hydrogens (tertiary/aromatic N) is 1. The normalized spacial score (nSPS) is 10.0. The number of rotatable bonds is 3. The van der Waals surface area contributed by atoms with E-state index in [1.54, 1.807) is 31.2 Å². The van der Waals surface area contributed by atoms with Gasteiger partial charge in [-0.05, 0) is 43.8 Å². The Kier molecular flexibility index (Phi) is 5.02. The van der Waals surface area contributed by atoms with Gasteiger partial charge in [0.05, 0.1) is 4.92 Å². The highest BCUT2D eigenvalue weighted by atomic mass is 32.1. The molecule has 1 amide bonds. The fraction of sp³-hybridized carbons (Fsp3) is 0.125. The fourth-order valence-corrected chi connectivity index (χ4v) is 2.18. The molecule has 2 rings (SSSR count). The van der Waals surface area contributed by atoms with Crippen molar-refractivity contribution < 1.29 is 9.72 Å². The average molecular weight is 329 g/mol. The van der Waals surface area contributed by atoms with E-state index in [1.807, 2.05) is 13.0 Å². The molecule has 0 spiro atoms. The maximum atomic E-state index is 12.1. The Bertz CT molecular complexity index is 790. The number of hydrogen-bond donors (Lipinski definition) is 2. The molecule has 0 aliphatic rings. The van der Waals surface area contributed by atoms with Crippen molar-refractivity contribution >= 4 is 34.6 Å². The van der Waals surface area contributed by atoms with Crippen molar-refractivity contribution in [1.29, 1.82) is 0 Å². The Hall–Kier alpha value is -2.80. The quantitative estimate of drug-likeness (QED) is 0.512. The third-order valence-corrected chi connectivity index (χ3v) is 3.39. The zero-order chi connectivity index (χ0) is 17.0. The van der Waals surface area contributed by atoms with Crippen LogP contribution in [0.5, 0.6) is 0 Å². The largest absolute Gasteiger partial charge is 0.332 e. The fourth-order valence-electron chi connectivity index (χ4n) is 1.97. The molecule has 0 aliphatic carbocycles. The SMILES string of the molecule is Cc1cccc(C(=O)NC(=S)Nc2cc([N+](=O)[O-])ccc2C)c1. The standard InChI is InChI=1S/C16H15N3O3S/c1-10-4-3-5-12(8-10)15(20)18-16(23)17-14-9-13(19(21)22)7-6-11(14)2/h3-9H,1-2H3,(H2,17,18,20,23). The average Bonchev–Trinajstić information content (AvgIpc) is 2.49. The zero-order valence-corrected chi connectivity index (χ0v) is 13.4. The van der Waals surface area contributed by atoms with Gasteiger partial charge in [-0.25, -0.2) is 0 Å². The molecule has 2 aromatic rings. The van der Waals surface area contributed by atoms with Gasteiger partial charge >= 0.3 is 0 Å². The molecule has 0 saturated heterocycles. The molecule has 0 radical (unpaired) electrons. The van der Waals surface area contributed by atoms with Crippen molar-refractivity contribution in [2.24, 2.45) is 0 Å². The number of thiocarbonyl (C=S) groups is 1. The number of carbonyl (C=O) groups is 1. The first-order valence-corrected chi connectivity index (χ1v) is 7.21. The van der Waals surface area contributed by atoms with Crippen LogP contribution in [0.3, 0.4) is 0 Å². The third kappa shape index (κ3) is 4.33. The van der Waals surface area contributed by atoms with E-state index in [2.05, 4.69) is 10.6 Å². The van der Waals surface area contributed by atoms with Crippen LogP contribution in [0.2, 0.25) is 0 Å². The van der Waals surface area contributed by atoms with Crippen LogP contribution in [0, 0.1) is 24.0 Å². The molecule has 6 nitrogen and oxygen atoms in total. The highest BCUT2D eigenvalue weighted by Crippen LogP contribution is 2.21. The summed E-state index contributed by atoms with van der Waals surface area (Å²) in [5, 5.41) is 16.3. The zero-order valence-electron chi connectivity index (χ0n) is 12.6. The minimum atomic E-state index is -0.487. The molecular formula is C16H15N3O3S. The first kappa shape index (κ1) is 16.6. The summed E-state index contributed by atoms with van der Waals surface area (Å²) in [5.74, 6) is -0.339. The van der Waals surface area contributed by atoms with Crippen LogP contribution in [-0.2, 0) is 0 Å². The lowest BCUT2D eigenvalue weighted by Gasteiger charge is -2.11. The van der Waals surface area contributed by atoms with Gasteiger partial charge < -0.3 is 5.32 Å². The summed E-state index contributed by atoms with van der Waals surface area (Å²) in [7, 11) is 0. The van der Waals surface area contributed by atoms with Crippen molar-refractivity contribution in [3.05, 3.63) is 69.3 Å². The van der Waals surface area contributed by atoms with Gasteiger partial charge in [-0.15, -0.1) is 0 Å². The lowest BCUT2D eigenvalue weighted by molar-refractivity contribution is -0.384. The first-order valence-electron chi connectivity index (χ1n) is 6.81. The summed E-state index contributed by atoms with van der Waals surface area (Å²) in [6.07, 6.45) is 0. The van der Waals surface area contributed by atoms with E-state index >= 15 is 0 Å². The van der Waals surface area contributed by atoms with Gasteiger partial charge in [-0.2, -0.15) is 0 Å². The van der Waals surface area contributed by atoms with E-state index in [9.17, 15) is 14.9 Å². The van der Waals surface area contributed by atoms with Crippen LogP contribution in [0.4, 0.5) is 11.4 Å². The maximum Gasteiger partial charge on any atom is 0.271 e. The second-order valence-electron chi connectivity index (χ2n) is 5.03. The number of hydrogen-bond acceptors (Lipinski definition) is 4. The molecule has 0 unspecified atom stereocenters. The summed E-state index contributed by atoms with van der Waals surface area (Å²) in [5.41, 5.74) is 2.67. The third-order valence-electron chi connectivity index (χ3n) is 3.19. The van der Waals surface area contributed by atoms with E-state index in [0.29, 0.717) is 11.3 Å². The Morgan fingerprint density at radius 3 is 2.57 bits per heavy atom. The Balaban J connectivity index is 2.09. The Morgan fingerprint density at radius 2 is 1.91 bits per heavy atom. The molecule has 23 heavy (non-hydrogen) atoms. The van der Waals surface area contributed by atoms with Gasteiger partial charge in [-0.1, -0.05) is 23.8 Å². The summed E-state index contributed by atoms with van der Waals surface area (Å²) >= 11 is 5.10. The van der Waals surface area contributed by atoms with E-state index in [0.717, 1.165) is 11.1 Å². The second kappa shape index (κ2) is 6.97. The summed E-state index contributed by atoms with van der Waals surface area (Å²) in [6.45, 7) is 3.68. The molecule has 2 aromatic carbocycles. The molecular weight excluding hydrogens is 314 g/mol. The maximum absolute atomic E-state index is 12.1. The highest BCUT2D eigenvalue weighted by Gasteiger charge is 2.12. The van der Waals surface area contributed by atoms with Gasteiger partial charge in [0.2, 0.25) is 0 Å². The molecule has 0 atom stereocenters. The van der Waals surface area contributed by atoms with Crippen molar-refractivity contribution in [2.75, 3.05) is 5.32 Å². The molecule has 0 heterocycles. The topological polar surface area (TPSA) is 84.3 Å². The van der Waals surface area contributed by atoms with Crippen LogP contribution >= 0.6 is 12.2 Å². The van der Waals surface area contributed by atoms with Gasteiger partial charge in [0.1, 0.15) is 0 Å². The lowest BCUT2D eigenvalue weighted by Crippen LogP contribution is -2.34. The van der Waals surface area contributed by atoms with Gasteiger partial charge in [-0.3, -0.25) is 20.2 Å². The minimum absolute atomic E-state index is 0.0501. The number of anilines is 1. The first-order chi connectivity index (χ1) is 10.9. The minimum Gasteiger partial charge on any atom is -0.332 e. The molecule has 0 bridgehead atoms. The van der Waals surface area contributed by atoms with Crippen LogP contribution in [0.1, 0.15) is 21.5 Å². The van der Waals surface area contributed by atoms with E-state index in [1.165, 1.54) is 12.1 Å². The van der Waals surface area contributed by atoms with Crippen molar-refractivity contribution in [2.45, 2.75) is 13.8 Å². The highest BCUT2D eigenvalue weighted by molar-refractivity contribution is 7.80. The van der Waals surface area contributed by atoms with Gasteiger partial charge in [0.15, 0.2) is 5.11 Å². The van der Waals surface area contributed by atoms with Crippen LogP contribution in [-0.4, -0.2) is 15.9 Å².